The molecule has 0 amide bonds. The summed E-state index contributed by atoms with van der Waals surface area (Å²) in [6, 6.07) is 0.765. The summed E-state index contributed by atoms with van der Waals surface area (Å²) in [7, 11) is 0. The van der Waals surface area contributed by atoms with Gasteiger partial charge in [0.25, 0.3) is 0 Å². The SMILES string of the molecule is CC1CCC(CCNC2CSCC(C)(C)C2)CC1. The van der Waals surface area contributed by atoms with Gasteiger partial charge in [-0.1, -0.05) is 46.5 Å². The molecule has 0 aromatic rings. The van der Waals surface area contributed by atoms with Crippen LogP contribution in [0, 0.1) is 17.3 Å². The van der Waals surface area contributed by atoms with Crippen molar-refractivity contribution < 1.29 is 0 Å². The first-order valence-corrected chi connectivity index (χ1v) is 9.02. The van der Waals surface area contributed by atoms with Crippen LogP contribution in [0.4, 0.5) is 0 Å². The van der Waals surface area contributed by atoms with Crippen molar-refractivity contribution in [3.63, 3.8) is 0 Å². The number of thioether (sulfide) groups is 1. The van der Waals surface area contributed by atoms with Gasteiger partial charge in [-0.2, -0.15) is 11.8 Å². The van der Waals surface area contributed by atoms with E-state index < -0.39 is 0 Å². The number of hydrogen-bond acceptors (Lipinski definition) is 2. The molecular weight excluding hydrogens is 238 g/mol. The maximum Gasteiger partial charge on any atom is 0.0163 e. The summed E-state index contributed by atoms with van der Waals surface area (Å²) >= 11 is 2.13. The fourth-order valence-corrected chi connectivity index (χ4v) is 4.81. The van der Waals surface area contributed by atoms with E-state index in [2.05, 4.69) is 37.8 Å². The zero-order chi connectivity index (χ0) is 13.0. The highest BCUT2D eigenvalue weighted by atomic mass is 32.2. The van der Waals surface area contributed by atoms with Gasteiger partial charge in [0, 0.05) is 11.8 Å². The summed E-state index contributed by atoms with van der Waals surface area (Å²) in [6.07, 6.45) is 8.67. The molecule has 1 aliphatic heterocycles. The molecule has 1 unspecified atom stereocenters. The van der Waals surface area contributed by atoms with Gasteiger partial charge in [0.05, 0.1) is 0 Å². The van der Waals surface area contributed by atoms with E-state index in [9.17, 15) is 0 Å². The Morgan fingerprint density at radius 2 is 1.89 bits per heavy atom. The molecule has 0 radical (unpaired) electrons. The largest absolute Gasteiger partial charge is 0.313 e. The molecule has 1 saturated carbocycles. The fourth-order valence-electron chi connectivity index (χ4n) is 3.50. The number of rotatable bonds is 4. The van der Waals surface area contributed by atoms with E-state index in [4.69, 9.17) is 0 Å². The summed E-state index contributed by atoms with van der Waals surface area (Å²) in [5.74, 6) is 4.67. The Morgan fingerprint density at radius 3 is 2.56 bits per heavy atom. The van der Waals surface area contributed by atoms with Crippen molar-refractivity contribution in [2.75, 3.05) is 18.1 Å². The van der Waals surface area contributed by atoms with Gasteiger partial charge in [0.15, 0.2) is 0 Å². The smallest absolute Gasteiger partial charge is 0.0163 e. The normalized spacial score (nSPS) is 36.5. The highest BCUT2D eigenvalue weighted by Gasteiger charge is 2.28. The molecule has 2 aliphatic rings. The predicted molar refractivity (Wildman–Crippen MR) is 83.3 cm³/mol. The second-order valence-electron chi connectivity index (χ2n) is 7.45. The Kier molecular flexibility index (Phi) is 5.44. The molecule has 2 rings (SSSR count). The van der Waals surface area contributed by atoms with Crippen LogP contribution in [0.2, 0.25) is 0 Å². The predicted octanol–water partition coefficient (Wildman–Crippen LogP) is 4.32. The molecule has 1 heterocycles. The Bertz CT molecular complexity index is 243. The molecule has 0 spiro atoms. The molecule has 0 aromatic carbocycles. The third-order valence-corrected chi connectivity index (χ3v) is 6.36. The second-order valence-corrected chi connectivity index (χ2v) is 8.48. The molecule has 1 nitrogen and oxygen atoms in total. The maximum absolute atomic E-state index is 3.81. The zero-order valence-electron chi connectivity index (χ0n) is 12.5. The van der Waals surface area contributed by atoms with E-state index in [-0.39, 0.29) is 0 Å². The standard InChI is InChI=1S/C16H31NS/c1-13-4-6-14(7-5-13)8-9-17-15-10-16(2,3)12-18-11-15/h13-15,17H,4-12H2,1-3H3. The minimum Gasteiger partial charge on any atom is -0.313 e. The van der Waals surface area contributed by atoms with E-state index in [1.54, 1.807) is 0 Å². The first kappa shape index (κ1) is 14.7. The Balaban J connectivity index is 1.60. The van der Waals surface area contributed by atoms with Gasteiger partial charge >= 0.3 is 0 Å². The summed E-state index contributed by atoms with van der Waals surface area (Å²) in [6.45, 7) is 8.49. The van der Waals surface area contributed by atoms with Crippen LogP contribution in [0.1, 0.15) is 59.3 Å². The Morgan fingerprint density at radius 1 is 1.17 bits per heavy atom. The minimum atomic E-state index is 0.543. The molecule has 0 bridgehead atoms. The quantitative estimate of drug-likeness (QED) is 0.815. The van der Waals surface area contributed by atoms with Crippen molar-refractivity contribution in [3.8, 4) is 0 Å². The topological polar surface area (TPSA) is 12.0 Å². The minimum absolute atomic E-state index is 0.543. The van der Waals surface area contributed by atoms with E-state index >= 15 is 0 Å². The summed E-state index contributed by atoms with van der Waals surface area (Å²) in [5.41, 5.74) is 0.543. The third kappa shape index (κ3) is 4.77. The van der Waals surface area contributed by atoms with Crippen molar-refractivity contribution >= 4 is 11.8 Å². The second kappa shape index (κ2) is 6.65. The average Bonchev–Trinajstić information content (AvgIpc) is 2.30. The highest BCUT2D eigenvalue weighted by molar-refractivity contribution is 7.99. The molecule has 1 saturated heterocycles. The van der Waals surface area contributed by atoms with E-state index in [1.165, 1.54) is 56.6 Å². The molecule has 2 fully saturated rings. The molecule has 2 heteroatoms. The van der Waals surface area contributed by atoms with Gasteiger partial charge in [-0.15, -0.1) is 0 Å². The van der Waals surface area contributed by atoms with Crippen LogP contribution in [0.15, 0.2) is 0 Å². The number of hydrogen-bond donors (Lipinski definition) is 1. The lowest BCUT2D eigenvalue weighted by molar-refractivity contribution is 0.264. The van der Waals surface area contributed by atoms with Crippen LogP contribution in [-0.4, -0.2) is 24.1 Å². The van der Waals surface area contributed by atoms with E-state index in [1.807, 2.05) is 0 Å². The first-order valence-electron chi connectivity index (χ1n) is 7.86. The third-order valence-electron chi connectivity index (χ3n) is 4.73. The van der Waals surface area contributed by atoms with Crippen LogP contribution < -0.4 is 5.32 Å². The molecule has 1 atom stereocenters. The van der Waals surface area contributed by atoms with Crippen LogP contribution in [0.5, 0.6) is 0 Å². The van der Waals surface area contributed by atoms with Crippen LogP contribution in [-0.2, 0) is 0 Å². The van der Waals surface area contributed by atoms with Gasteiger partial charge in [-0.05, 0) is 42.4 Å². The van der Waals surface area contributed by atoms with Crippen molar-refractivity contribution in [2.45, 2.75) is 65.3 Å². The number of nitrogens with one attached hydrogen (secondary N) is 1. The molecule has 0 aromatic heterocycles. The van der Waals surface area contributed by atoms with Crippen LogP contribution in [0.25, 0.3) is 0 Å². The first-order chi connectivity index (χ1) is 8.55. The Labute approximate surface area is 118 Å². The highest BCUT2D eigenvalue weighted by Crippen LogP contribution is 2.34. The molecule has 106 valence electrons. The van der Waals surface area contributed by atoms with Crippen molar-refractivity contribution in [2.24, 2.45) is 17.3 Å². The summed E-state index contributed by atoms with van der Waals surface area (Å²) < 4.78 is 0. The molecule has 1 N–H and O–H groups in total. The van der Waals surface area contributed by atoms with Gasteiger partial charge in [0.1, 0.15) is 0 Å². The van der Waals surface area contributed by atoms with Crippen LogP contribution >= 0.6 is 11.8 Å². The lowest BCUT2D eigenvalue weighted by atomic mass is 9.81. The molecular formula is C16H31NS. The van der Waals surface area contributed by atoms with Crippen molar-refractivity contribution in [3.05, 3.63) is 0 Å². The van der Waals surface area contributed by atoms with Crippen molar-refractivity contribution in [1.82, 2.24) is 5.32 Å². The Hall–Kier alpha value is 0.310. The maximum atomic E-state index is 3.81. The van der Waals surface area contributed by atoms with Gasteiger partial charge in [-0.25, -0.2) is 0 Å². The fraction of sp³-hybridized carbons (Fsp3) is 1.00. The molecule has 1 aliphatic carbocycles. The lowest BCUT2D eigenvalue weighted by Crippen LogP contribution is -2.41. The van der Waals surface area contributed by atoms with Gasteiger partial charge in [0.2, 0.25) is 0 Å². The van der Waals surface area contributed by atoms with Gasteiger partial charge < -0.3 is 5.32 Å². The average molecular weight is 269 g/mol. The molecule has 18 heavy (non-hydrogen) atoms. The zero-order valence-corrected chi connectivity index (χ0v) is 13.3. The van der Waals surface area contributed by atoms with Gasteiger partial charge in [-0.3, -0.25) is 0 Å². The van der Waals surface area contributed by atoms with Crippen molar-refractivity contribution in [1.29, 1.82) is 0 Å². The summed E-state index contributed by atoms with van der Waals surface area (Å²) in [5, 5.41) is 3.81. The monoisotopic (exact) mass is 269 g/mol. The van der Waals surface area contributed by atoms with E-state index in [0.717, 1.165) is 17.9 Å². The summed E-state index contributed by atoms with van der Waals surface area (Å²) in [4.78, 5) is 0. The van der Waals surface area contributed by atoms with Crippen LogP contribution in [0.3, 0.4) is 0 Å². The lowest BCUT2D eigenvalue weighted by Gasteiger charge is -2.35. The van der Waals surface area contributed by atoms with E-state index in [0.29, 0.717) is 5.41 Å².